The van der Waals surface area contributed by atoms with Crippen molar-refractivity contribution in [2.75, 3.05) is 0 Å². The Labute approximate surface area is 101 Å². The van der Waals surface area contributed by atoms with E-state index >= 15 is 0 Å². The van der Waals surface area contributed by atoms with Crippen LogP contribution in [0.1, 0.15) is 34.8 Å². The van der Waals surface area contributed by atoms with Gasteiger partial charge in [-0.3, -0.25) is 4.79 Å². The van der Waals surface area contributed by atoms with Crippen LogP contribution in [-0.2, 0) is 4.79 Å². The molecule has 0 radical (unpaired) electrons. The summed E-state index contributed by atoms with van der Waals surface area (Å²) in [5, 5.41) is 11.4. The highest BCUT2D eigenvalue weighted by Gasteiger charge is 2.20. The predicted octanol–water partition coefficient (Wildman–Crippen LogP) is 1.90. The van der Waals surface area contributed by atoms with E-state index < -0.39 is 12.0 Å². The van der Waals surface area contributed by atoms with Gasteiger partial charge in [-0.25, -0.2) is 4.79 Å². The Morgan fingerprint density at radius 1 is 1.29 bits per heavy atom. The van der Waals surface area contributed by atoms with Crippen molar-refractivity contribution >= 4 is 11.9 Å². The highest BCUT2D eigenvalue weighted by atomic mass is 16.4. The van der Waals surface area contributed by atoms with Crippen molar-refractivity contribution < 1.29 is 14.7 Å². The van der Waals surface area contributed by atoms with Crippen LogP contribution in [0.15, 0.2) is 18.2 Å². The lowest BCUT2D eigenvalue weighted by atomic mass is 10.0. The first-order chi connectivity index (χ1) is 7.97. The average Bonchev–Trinajstić information content (AvgIpc) is 2.25. The number of rotatable bonds is 4. The molecule has 0 unspecified atom stereocenters. The molecule has 0 aliphatic carbocycles. The zero-order valence-electron chi connectivity index (χ0n) is 10.3. The minimum atomic E-state index is -1.01. The molecule has 0 saturated carbocycles. The maximum absolute atomic E-state index is 12.0. The molecule has 0 aliphatic heterocycles. The second-order valence-electron chi connectivity index (χ2n) is 4.04. The van der Waals surface area contributed by atoms with Crippen LogP contribution in [0.25, 0.3) is 0 Å². The van der Waals surface area contributed by atoms with Crippen molar-refractivity contribution in [3.63, 3.8) is 0 Å². The van der Waals surface area contributed by atoms with E-state index in [-0.39, 0.29) is 5.91 Å². The van der Waals surface area contributed by atoms with Crippen LogP contribution in [-0.4, -0.2) is 23.0 Å². The monoisotopic (exact) mass is 235 g/mol. The number of aryl methyl sites for hydroxylation is 2. The molecular formula is C13H17NO3. The summed E-state index contributed by atoms with van der Waals surface area (Å²) in [7, 11) is 0. The molecule has 0 saturated heterocycles. The number of hydrogen-bond donors (Lipinski definition) is 2. The summed E-state index contributed by atoms with van der Waals surface area (Å²) >= 11 is 0. The van der Waals surface area contributed by atoms with Crippen LogP contribution >= 0.6 is 0 Å². The van der Waals surface area contributed by atoms with Crippen molar-refractivity contribution in [2.45, 2.75) is 33.2 Å². The van der Waals surface area contributed by atoms with Gasteiger partial charge in [-0.05, 0) is 31.4 Å². The van der Waals surface area contributed by atoms with Gasteiger partial charge >= 0.3 is 5.97 Å². The van der Waals surface area contributed by atoms with Crippen LogP contribution in [0.4, 0.5) is 0 Å². The minimum Gasteiger partial charge on any atom is -0.480 e. The van der Waals surface area contributed by atoms with Gasteiger partial charge in [-0.1, -0.05) is 25.1 Å². The Hall–Kier alpha value is -1.84. The fourth-order valence-electron chi connectivity index (χ4n) is 1.74. The maximum Gasteiger partial charge on any atom is 0.326 e. The summed E-state index contributed by atoms with van der Waals surface area (Å²) in [6, 6.07) is 4.71. The lowest BCUT2D eigenvalue weighted by Gasteiger charge is -2.14. The van der Waals surface area contributed by atoms with Gasteiger partial charge in [0.1, 0.15) is 6.04 Å². The van der Waals surface area contributed by atoms with E-state index in [2.05, 4.69) is 5.32 Å². The van der Waals surface area contributed by atoms with Crippen LogP contribution in [0.2, 0.25) is 0 Å². The molecule has 1 aromatic carbocycles. The largest absolute Gasteiger partial charge is 0.480 e. The van der Waals surface area contributed by atoms with Gasteiger partial charge in [-0.2, -0.15) is 0 Å². The number of aliphatic carboxylic acids is 1. The molecule has 0 spiro atoms. The number of carbonyl (C=O) groups excluding carboxylic acids is 1. The molecule has 1 rings (SSSR count). The molecule has 1 atom stereocenters. The smallest absolute Gasteiger partial charge is 0.326 e. The van der Waals surface area contributed by atoms with Gasteiger partial charge in [0.05, 0.1) is 0 Å². The van der Waals surface area contributed by atoms with Gasteiger partial charge in [0.25, 0.3) is 5.91 Å². The molecule has 2 N–H and O–H groups in total. The highest BCUT2D eigenvalue weighted by molar-refractivity contribution is 5.99. The first-order valence-corrected chi connectivity index (χ1v) is 5.57. The number of carbonyl (C=O) groups is 2. The quantitative estimate of drug-likeness (QED) is 0.837. The van der Waals surface area contributed by atoms with E-state index in [4.69, 9.17) is 5.11 Å². The lowest BCUT2D eigenvalue weighted by Crippen LogP contribution is -2.40. The molecule has 0 fully saturated rings. The number of carboxylic acids is 1. The topological polar surface area (TPSA) is 66.4 Å². The summed E-state index contributed by atoms with van der Waals surface area (Å²) in [6.45, 7) is 5.40. The summed E-state index contributed by atoms with van der Waals surface area (Å²) < 4.78 is 0. The highest BCUT2D eigenvalue weighted by Crippen LogP contribution is 2.13. The van der Waals surface area contributed by atoms with Crippen molar-refractivity contribution in [2.24, 2.45) is 0 Å². The Morgan fingerprint density at radius 3 is 2.24 bits per heavy atom. The molecule has 1 amide bonds. The molecule has 92 valence electrons. The number of carboxylic acid groups (broad SMARTS) is 1. The molecule has 1 aromatic rings. The van der Waals surface area contributed by atoms with E-state index in [1.54, 1.807) is 6.92 Å². The Bertz CT molecular complexity index is 420. The number of benzene rings is 1. The van der Waals surface area contributed by atoms with Crippen LogP contribution in [0, 0.1) is 13.8 Å². The van der Waals surface area contributed by atoms with E-state index in [0.29, 0.717) is 12.0 Å². The third-order valence-electron chi connectivity index (χ3n) is 2.72. The van der Waals surface area contributed by atoms with E-state index in [9.17, 15) is 9.59 Å². The summed E-state index contributed by atoms with van der Waals surface area (Å²) in [4.78, 5) is 22.8. The standard InChI is InChI=1S/C13H17NO3/c1-4-10(13(16)17)14-12(15)11-8(2)6-5-7-9(11)3/h5-7,10H,4H2,1-3H3,(H,14,15)(H,16,17)/t10-/m0/s1. The summed E-state index contributed by atoms with van der Waals surface area (Å²) in [6.07, 6.45) is 0.367. The summed E-state index contributed by atoms with van der Waals surface area (Å²) in [5.74, 6) is -1.33. The number of nitrogens with one attached hydrogen (secondary N) is 1. The molecule has 0 aromatic heterocycles. The molecule has 17 heavy (non-hydrogen) atoms. The van der Waals surface area contributed by atoms with Crippen molar-refractivity contribution in [1.29, 1.82) is 0 Å². The van der Waals surface area contributed by atoms with Crippen molar-refractivity contribution in [3.8, 4) is 0 Å². The summed E-state index contributed by atoms with van der Waals surface area (Å²) in [5.41, 5.74) is 2.26. The van der Waals surface area contributed by atoms with Gasteiger partial charge in [0, 0.05) is 5.56 Å². The third kappa shape index (κ3) is 3.06. The second-order valence-corrected chi connectivity index (χ2v) is 4.04. The Kier molecular flexibility index (Phi) is 4.26. The van der Waals surface area contributed by atoms with E-state index in [1.807, 2.05) is 32.0 Å². The number of amides is 1. The van der Waals surface area contributed by atoms with Gasteiger partial charge in [0.2, 0.25) is 0 Å². The lowest BCUT2D eigenvalue weighted by molar-refractivity contribution is -0.139. The molecule has 0 aliphatic rings. The zero-order chi connectivity index (χ0) is 13.0. The van der Waals surface area contributed by atoms with Crippen LogP contribution in [0.5, 0.6) is 0 Å². The Balaban J connectivity index is 2.94. The molecule has 4 heteroatoms. The van der Waals surface area contributed by atoms with Crippen molar-refractivity contribution in [3.05, 3.63) is 34.9 Å². The second kappa shape index (κ2) is 5.48. The van der Waals surface area contributed by atoms with E-state index in [1.165, 1.54) is 0 Å². The van der Waals surface area contributed by atoms with Gasteiger partial charge < -0.3 is 10.4 Å². The third-order valence-corrected chi connectivity index (χ3v) is 2.72. The molecule has 0 heterocycles. The van der Waals surface area contributed by atoms with Gasteiger partial charge in [0.15, 0.2) is 0 Å². The van der Waals surface area contributed by atoms with E-state index in [0.717, 1.165) is 11.1 Å². The molecule has 0 bridgehead atoms. The fraction of sp³-hybridized carbons (Fsp3) is 0.385. The minimum absolute atomic E-state index is 0.324. The van der Waals surface area contributed by atoms with Gasteiger partial charge in [-0.15, -0.1) is 0 Å². The maximum atomic E-state index is 12.0. The zero-order valence-corrected chi connectivity index (χ0v) is 10.3. The fourth-order valence-corrected chi connectivity index (χ4v) is 1.74. The van der Waals surface area contributed by atoms with Crippen LogP contribution in [0.3, 0.4) is 0 Å². The first kappa shape index (κ1) is 13.2. The average molecular weight is 235 g/mol. The first-order valence-electron chi connectivity index (χ1n) is 5.57. The van der Waals surface area contributed by atoms with Crippen molar-refractivity contribution in [1.82, 2.24) is 5.32 Å². The Morgan fingerprint density at radius 2 is 1.82 bits per heavy atom. The molecular weight excluding hydrogens is 218 g/mol. The predicted molar refractivity (Wildman–Crippen MR) is 65.1 cm³/mol. The SMILES string of the molecule is CC[C@H](NC(=O)c1c(C)cccc1C)C(=O)O. The molecule has 4 nitrogen and oxygen atoms in total. The normalized spacial score (nSPS) is 11.9. The van der Waals surface area contributed by atoms with Crippen LogP contribution < -0.4 is 5.32 Å². The number of hydrogen-bond acceptors (Lipinski definition) is 2.